The van der Waals surface area contributed by atoms with Crippen molar-refractivity contribution in [2.24, 2.45) is 7.05 Å². The number of amides is 1. The number of rotatable bonds is 2. The number of aryl methyl sites for hydroxylation is 1. The minimum Gasteiger partial charge on any atom is -0.396 e. The van der Waals surface area contributed by atoms with Crippen molar-refractivity contribution >= 4 is 17.3 Å². The van der Waals surface area contributed by atoms with Crippen LogP contribution in [0.1, 0.15) is 10.6 Å². The van der Waals surface area contributed by atoms with E-state index in [2.05, 4.69) is 10.3 Å². The molecule has 0 aliphatic heterocycles. The van der Waals surface area contributed by atoms with Crippen LogP contribution in [-0.2, 0) is 7.05 Å². The normalized spacial score (nSPS) is 10.2. The van der Waals surface area contributed by atoms with Gasteiger partial charge in [0.2, 0.25) is 0 Å². The Morgan fingerprint density at radius 3 is 2.88 bits per heavy atom. The predicted octanol–water partition coefficient (Wildman–Crippen LogP) is 1.39. The smallest absolute Gasteiger partial charge is 0.291 e. The number of anilines is 2. The molecule has 0 bridgehead atoms. The summed E-state index contributed by atoms with van der Waals surface area (Å²) in [5.74, 6) is -0.614. The predicted molar refractivity (Wildman–Crippen MR) is 62.0 cm³/mol. The average molecular weight is 234 g/mol. The number of benzene rings is 1. The lowest BCUT2D eigenvalue weighted by atomic mass is 10.2. The number of carbonyl (C=O) groups excluding carboxylic acids is 1. The first-order valence-corrected chi connectivity index (χ1v) is 4.91. The van der Waals surface area contributed by atoms with Gasteiger partial charge in [-0.05, 0) is 18.2 Å². The van der Waals surface area contributed by atoms with E-state index in [1.807, 2.05) is 0 Å². The molecule has 0 unspecified atom stereocenters. The molecule has 0 aliphatic rings. The zero-order chi connectivity index (χ0) is 12.4. The molecular weight excluding hydrogens is 223 g/mol. The molecule has 1 amide bonds. The van der Waals surface area contributed by atoms with Gasteiger partial charge in [-0.3, -0.25) is 4.79 Å². The minimum absolute atomic E-state index is 0.0114. The number of imidazole rings is 1. The van der Waals surface area contributed by atoms with Gasteiger partial charge >= 0.3 is 0 Å². The molecule has 0 saturated carbocycles. The minimum atomic E-state index is -0.514. The Labute approximate surface area is 97.1 Å². The summed E-state index contributed by atoms with van der Waals surface area (Å²) in [7, 11) is 1.71. The van der Waals surface area contributed by atoms with Crippen molar-refractivity contribution in [1.29, 1.82) is 0 Å². The first kappa shape index (κ1) is 11.1. The maximum atomic E-state index is 12.9. The van der Waals surface area contributed by atoms with E-state index >= 15 is 0 Å². The fraction of sp³-hybridized carbons (Fsp3) is 0.0909. The number of carbonyl (C=O) groups is 1. The van der Waals surface area contributed by atoms with Crippen molar-refractivity contribution in [1.82, 2.24) is 9.55 Å². The molecule has 6 heteroatoms. The maximum absolute atomic E-state index is 12.9. The van der Waals surface area contributed by atoms with Crippen molar-refractivity contribution < 1.29 is 9.18 Å². The molecule has 3 N–H and O–H groups in total. The van der Waals surface area contributed by atoms with E-state index in [-0.39, 0.29) is 17.4 Å². The lowest BCUT2D eigenvalue weighted by Gasteiger charge is -2.06. The highest BCUT2D eigenvalue weighted by atomic mass is 19.1. The molecule has 0 spiro atoms. The summed E-state index contributed by atoms with van der Waals surface area (Å²) in [6, 6.07) is 3.99. The molecule has 0 atom stereocenters. The van der Waals surface area contributed by atoms with E-state index in [1.165, 1.54) is 24.4 Å². The summed E-state index contributed by atoms with van der Waals surface area (Å²) in [5.41, 5.74) is 5.81. The lowest BCUT2D eigenvalue weighted by molar-refractivity contribution is 0.101. The first-order chi connectivity index (χ1) is 8.08. The first-order valence-electron chi connectivity index (χ1n) is 4.91. The number of hydrogen-bond acceptors (Lipinski definition) is 3. The Balaban J connectivity index is 2.19. The number of aromatic nitrogens is 2. The molecule has 2 aromatic rings. The summed E-state index contributed by atoms with van der Waals surface area (Å²) in [6.07, 6.45) is 3.18. The van der Waals surface area contributed by atoms with Crippen molar-refractivity contribution in [3.8, 4) is 0 Å². The quantitative estimate of drug-likeness (QED) is 0.771. The van der Waals surface area contributed by atoms with Crippen LogP contribution in [0.5, 0.6) is 0 Å². The summed E-state index contributed by atoms with van der Waals surface area (Å²) >= 11 is 0. The van der Waals surface area contributed by atoms with Crippen molar-refractivity contribution in [3.63, 3.8) is 0 Å². The van der Waals surface area contributed by atoms with Gasteiger partial charge < -0.3 is 15.6 Å². The number of nitrogens with one attached hydrogen (secondary N) is 1. The topological polar surface area (TPSA) is 72.9 Å². The lowest BCUT2D eigenvalue weighted by Crippen LogP contribution is -2.16. The molecule has 0 aliphatic carbocycles. The van der Waals surface area contributed by atoms with Crippen molar-refractivity contribution in [2.75, 3.05) is 11.1 Å². The van der Waals surface area contributed by atoms with Crippen LogP contribution in [0, 0.1) is 5.82 Å². The fourth-order valence-electron chi connectivity index (χ4n) is 1.39. The van der Waals surface area contributed by atoms with E-state index < -0.39 is 5.82 Å². The molecule has 1 aromatic carbocycles. The van der Waals surface area contributed by atoms with E-state index in [1.54, 1.807) is 17.8 Å². The third-order valence-electron chi connectivity index (χ3n) is 2.28. The second kappa shape index (κ2) is 4.25. The van der Waals surface area contributed by atoms with Crippen LogP contribution < -0.4 is 11.1 Å². The van der Waals surface area contributed by atoms with Crippen molar-refractivity contribution in [3.05, 3.63) is 42.2 Å². The van der Waals surface area contributed by atoms with Crippen LogP contribution in [0.25, 0.3) is 0 Å². The van der Waals surface area contributed by atoms with Gasteiger partial charge in [-0.15, -0.1) is 0 Å². The molecule has 0 radical (unpaired) electrons. The molecule has 1 heterocycles. The molecule has 0 fully saturated rings. The maximum Gasteiger partial charge on any atom is 0.291 e. The Bertz CT molecular complexity index is 564. The average Bonchev–Trinajstić information content (AvgIpc) is 2.70. The molecule has 17 heavy (non-hydrogen) atoms. The van der Waals surface area contributed by atoms with Gasteiger partial charge in [0, 0.05) is 25.1 Å². The fourth-order valence-corrected chi connectivity index (χ4v) is 1.39. The van der Waals surface area contributed by atoms with Gasteiger partial charge in [-0.1, -0.05) is 0 Å². The second-order valence-corrected chi connectivity index (χ2v) is 3.55. The summed E-state index contributed by atoms with van der Waals surface area (Å²) < 4.78 is 14.5. The van der Waals surface area contributed by atoms with E-state index in [9.17, 15) is 9.18 Å². The SMILES string of the molecule is Cn1ccnc1C(=O)Nc1ccc(F)c(N)c1. The molecule has 0 saturated heterocycles. The Hall–Kier alpha value is -2.37. The zero-order valence-corrected chi connectivity index (χ0v) is 9.14. The van der Waals surface area contributed by atoms with Gasteiger partial charge in [0.1, 0.15) is 5.82 Å². The molecule has 2 rings (SSSR count). The molecular formula is C11H11FN4O. The van der Waals surface area contributed by atoms with E-state index in [0.717, 1.165) is 0 Å². The summed E-state index contributed by atoms with van der Waals surface area (Å²) in [4.78, 5) is 15.7. The number of halogens is 1. The number of nitrogens with two attached hydrogens (primary N) is 1. The highest BCUT2D eigenvalue weighted by Crippen LogP contribution is 2.16. The summed E-state index contributed by atoms with van der Waals surface area (Å²) in [5, 5.41) is 2.58. The van der Waals surface area contributed by atoms with Gasteiger partial charge in [-0.2, -0.15) is 0 Å². The highest BCUT2D eigenvalue weighted by molar-refractivity contribution is 6.01. The van der Waals surface area contributed by atoms with Gasteiger partial charge in [0.05, 0.1) is 5.69 Å². The van der Waals surface area contributed by atoms with Crippen LogP contribution in [0.4, 0.5) is 15.8 Å². The monoisotopic (exact) mass is 234 g/mol. The third kappa shape index (κ3) is 2.25. The Kier molecular flexibility index (Phi) is 2.78. The van der Waals surface area contributed by atoms with Crippen LogP contribution in [0.15, 0.2) is 30.6 Å². The molecule has 1 aromatic heterocycles. The van der Waals surface area contributed by atoms with E-state index in [4.69, 9.17) is 5.73 Å². The van der Waals surface area contributed by atoms with E-state index in [0.29, 0.717) is 5.69 Å². The van der Waals surface area contributed by atoms with Gasteiger partial charge in [-0.25, -0.2) is 9.37 Å². The number of nitrogen functional groups attached to an aromatic ring is 1. The Morgan fingerprint density at radius 1 is 1.53 bits per heavy atom. The van der Waals surface area contributed by atoms with Crippen LogP contribution >= 0.6 is 0 Å². The van der Waals surface area contributed by atoms with Gasteiger partial charge in [0.25, 0.3) is 5.91 Å². The standard InChI is InChI=1S/C11H11FN4O/c1-16-5-4-14-10(16)11(17)15-7-2-3-8(12)9(13)6-7/h2-6H,13H2,1H3,(H,15,17). The molecule has 88 valence electrons. The van der Waals surface area contributed by atoms with Crippen LogP contribution in [0.2, 0.25) is 0 Å². The molecule has 5 nitrogen and oxygen atoms in total. The third-order valence-corrected chi connectivity index (χ3v) is 2.28. The second-order valence-electron chi connectivity index (χ2n) is 3.55. The zero-order valence-electron chi connectivity index (χ0n) is 9.14. The van der Waals surface area contributed by atoms with Crippen molar-refractivity contribution in [2.45, 2.75) is 0 Å². The number of hydrogen-bond donors (Lipinski definition) is 2. The summed E-state index contributed by atoms with van der Waals surface area (Å²) in [6.45, 7) is 0. The van der Waals surface area contributed by atoms with Gasteiger partial charge in [0.15, 0.2) is 5.82 Å². The Morgan fingerprint density at radius 2 is 2.29 bits per heavy atom. The van der Waals surface area contributed by atoms with Crippen LogP contribution in [-0.4, -0.2) is 15.5 Å². The van der Waals surface area contributed by atoms with Crippen LogP contribution in [0.3, 0.4) is 0 Å². The largest absolute Gasteiger partial charge is 0.396 e. The number of nitrogens with zero attached hydrogens (tertiary/aromatic N) is 2. The highest BCUT2D eigenvalue weighted by Gasteiger charge is 2.11.